The number of halogens is 3. The summed E-state index contributed by atoms with van der Waals surface area (Å²) in [5.41, 5.74) is -0.181. The monoisotopic (exact) mass is 491 g/mol. The Labute approximate surface area is 200 Å². The molecule has 1 aromatic heterocycles. The van der Waals surface area contributed by atoms with E-state index in [-0.39, 0.29) is 23.5 Å². The molecular formula is C23H28F3N7O2. The van der Waals surface area contributed by atoms with E-state index in [1.807, 2.05) is 4.90 Å². The number of aliphatic hydroxyl groups excluding tert-OH is 1. The molecular weight excluding hydrogens is 463 g/mol. The van der Waals surface area contributed by atoms with Crippen molar-refractivity contribution in [2.24, 2.45) is 0 Å². The van der Waals surface area contributed by atoms with Crippen LogP contribution in [0.5, 0.6) is 0 Å². The molecule has 1 saturated carbocycles. The molecule has 3 fully saturated rings. The number of rotatable bonds is 7. The lowest BCUT2D eigenvalue weighted by atomic mass is 9.89. The predicted molar refractivity (Wildman–Crippen MR) is 126 cm³/mol. The number of nitrogens with one attached hydrogen (secondary N) is 3. The van der Waals surface area contributed by atoms with Crippen LogP contribution in [-0.2, 0) is 10.9 Å². The van der Waals surface area contributed by atoms with Crippen molar-refractivity contribution < 1.29 is 23.0 Å². The van der Waals surface area contributed by atoms with Crippen molar-refractivity contribution in [2.75, 3.05) is 54.9 Å². The second-order valence-electron chi connectivity index (χ2n) is 9.08. The van der Waals surface area contributed by atoms with Gasteiger partial charge in [0.15, 0.2) is 0 Å². The fraction of sp³-hybridized carbons (Fsp3) is 0.522. The number of nitrogens with zero attached hydrogens (tertiary/aromatic N) is 4. The first-order valence-corrected chi connectivity index (χ1v) is 11.7. The van der Waals surface area contributed by atoms with Gasteiger partial charge in [-0.3, -0.25) is 4.90 Å². The lowest BCUT2D eigenvalue weighted by Crippen LogP contribution is -2.62. The first-order valence-electron chi connectivity index (χ1n) is 11.7. The summed E-state index contributed by atoms with van der Waals surface area (Å²) in [4.78, 5) is 13.5. The molecule has 35 heavy (non-hydrogen) atoms. The van der Waals surface area contributed by atoms with Gasteiger partial charge in [0.1, 0.15) is 11.6 Å². The van der Waals surface area contributed by atoms with Crippen LogP contribution >= 0.6 is 0 Å². The van der Waals surface area contributed by atoms with Gasteiger partial charge >= 0.3 is 6.18 Å². The quantitative estimate of drug-likeness (QED) is 0.438. The third-order valence-electron chi connectivity index (χ3n) is 6.80. The number of morpholine rings is 1. The fourth-order valence-electron chi connectivity index (χ4n) is 4.52. The van der Waals surface area contributed by atoms with Gasteiger partial charge in [-0.2, -0.15) is 23.1 Å². The summed E-state index contributed by atoms with van der Waals surface area (Å²) in [5, 5.41) is 24.1. The van der Waals surface area contributed by atoms with Crippen molar-refractivity contribution >= 4 is 29.5 Å². The maximum absolute atomic E-state index is 13.2. The summed E-state index contributed by atoms with van der Waals surface area (Å²) in [6.07, 6.45) is -2.40. The Morgan fingerprint density at radius 2 is 1.91 bits per heavy atom. The zero-order valence-corrected chi connectivity index (χ0v) is 19.1. The molecule has 9 nitrogen and oxygen atoms in total. The third-order valence-corrected chi connectivity index (χ3v) is 6.80. The van der Waals surface area contributed by atoms with Crippen molar-refractivity contribution in [1.29, 1.82) is 5.41 Å². The van der Waals surface area contributed by atoms with Gasteiger partial charge in [0, 0.05) is 44.1 Å². The highest BCUT2D eigenvalue weighted by Crippen LogP contribution is 2.34. The molecule has 0 amide bonds. The molecule has 1 aliphatic carbocycles. The van der Waals surface area contributed by atoms with E-state index in [1.54, 1.807) is 0 Å². The summed E-state index contributed by atoms with van der Waals surface area (Å²) < 4.78 is 45.1. The van der Waals surface area contributed by atoms with Crippen LogP contribution in [0.4, 0.5) is 36.4 Å². The topological polar surface area (TPSA) is 110 Å². The van der Waals surface area contributed by atoms with E-state index >= 15 is 0 Å². The zero-order valence-electron chi connectivity index (χ0n) is 19.1. The summed E-state index contributed by atoms with van der Waals surface area (Å²) in [6, 6.07) is 5.01. The van der Waals surface area contributed by atoms with Crippen molar-refractivity contribution in [3.8, 4) is 0 Å². The Hall–Kier alpha value is -2.96. The van der Waals surface area contributed by atoms with Gasteiger partial charge in [-0.05, 0) is 31.0 Å². The van der Waals surface area contributed by atoms with Crippen molar-refractivity contribution in [2.45, 2.75) is 37.2 Å². The zero-order chi connectivity index (χ0) is 24.6. The SMILES string of the molecule is N=Cc1c(Nc2cccc(C(F)(F)F)c2)nc(NC2CCC2O)nc1N1CC(N2CCOCC2)C1. The average molecular weight is 492 g/mol. The molecule has 12 heteroatoms. The smallest absolute Gasteiger partial charge is 0.391 e. The molecule has 4 N–H and O–H groups in total. The molecule has 0 spiro atoms. The summed E-state index contributed by atoms with van der Waals surface area (Å²) in [5.74, 6) is 1.03. The highest BCUT2D eigenvalue weighted by molar-refractivity contribution is 5.93. The van der Waals surface area contributed by atoms with Crippen LogP contribution in [0.2, 0.25) is 0 Å². The normalized spacial score (nSPS) is 23.4. The molecule has 0 radical (unpaired) electrons. The largest absolute Gasteiger partial charge is 0.416 e. The van der Waals surface area contributed by atoms with Crippen LogP contribution in [0.15, 0.2) is 24.3 Å². The van der Waals surface area contributed by atoms with Gasteiger partial charge in [0.2, 0.25) is 5.95 Å². The van der Waals surface area contributed by atoms with Gasteiger partial charge in [-0.15, -0.1) is 0 Å². The minimum absolute atomic E-state index is 0.187. The van der Waals surface area contributed by atoms with Crippen LogP contribution in [0, 0.1) is 5.41 Å². The molecule has 1 aromatic carbocycles. The second kappa shape index (κ2) is 9.59. The Balaban J connectivity index is 1.43. The lowest BCUT2D eigenvalue weighted by molar-refractivity contribution is -0.137. The van der Waals surface area contributed by atoms with Gasteiger partial charge < -0.3 is 30.8 Å². The minimum atomic E-state index is -4.47. The number of alkyl halides is 3. The van der Waals surface area contributed by atoms with E-state index in [1.165, 1.54) is 12.1 Å². The Morgan fingerprint density at radius 1 is 1.14 bits per heavy atom. The fourth-order valence-corrected chi connectivity index (χ4v) is 4.52. The standard InChI is InChI=1S/C23H28F3N7O2/c24-23(25,26)14-2-1-3-15(10-14)28-20-17(11-27)21(31-22(30-20)29-18-4-5-19(18)34)33-12-16(13-33)32-6-8-35-9-7-32/h1-3,10-11,16,18-19,27,34H,4-9,12-13H2,(H2,28,29,30,31). The number of anilines is 4. The second-order valence-corrected chi connectivity index (χ2v) is 9.08. The molecule has 188 valence electrons. The average Bonchev–Trinajstić information content (AvgIpc) is 2.81. The number of aromatic nitrogens is 2. The number of benzene rings is 1. The van der Waals surface area contributed by atoms with E-state index in [9.17, 15) is 18.3 Å². The van der Waals surface area contributed by atoms with Crippen molar-refractivity contribution in [3.05, 3.63) is 35.4 Å². The minimum Gasteiger partial charge on any atom is -0.391 e. The molecule has 2 aromatic rings. The van der Waals surface area contributed by atoms with Crippen LogP contribution in [0.25, 0.3) is 0 Å². The Morgan fingerprint density at radius 3 is 2.54 bits per heavy atom. The summed E-state index contributed by atoms with van der Waals surface area (Å²) in [7, 11) is 0. The molecule has 3 aliphatic rings. The van der Waals surface area contributed by atoms with Gasteiger partial charge in [0.05, 0.1) is 36.5 Å². The summed E-state index contributed by atoms with van der Waals surface area (Å²) in [6.45, 7) is 4.58. The maximum Gasteiger partial charge on any atom is 0.416 e. The molecule has 2 atom stereocenters. The molecule has 2 saturated heterocycles. The Kier molecular flexibility index (Phi) is 6.51. The molecule has 2 unspecified atom stereocenters. The number of hydrogen-bond acceptors (Lipinski definition) is 9. The van der Waals surface area contributed by atoms with E-state index in [4.69, 9.17) is 10.1 Å². The molecule has 2 aliphatic heterocycles. The van der Waals surface area contributed by atoms with E-state index in [2.05, 4.69) is 25.5 Å². The molecule has 5 rings (SSSR count). The van der Waals surface area contributed by atoms with E-state index in [0.717, 1.165) is 37.9 Å². The van der Waals surface area contributed by atoms with Crippen LogP contribution in [0.3, 0.4) is 0 Å². The van der Waals surface area contributed by atoms with Crippen molar-refractivity contribution in [1.82, 2.24) is 14.9 Å². The van der Waals surface area contributed by atoms with Gasteiger partial charge in [0.25, 0.3) is 0 Å². The van der Waals surface area contributed by atoms with Gasteiger partial charge in [-0.1, -0.05) is 6.07 Å². The third kappa shape index (κ3) is 5.04. The lowest BCUT2D eigenvalue weighted by Gasteiger charge is -2.47. The van der Waals surface area contributed by atoms with Crippen molar-refractivity contribution in [3.63, 3.8) is 0 Å². The number of hydrogen-bond donors (Lipinski definition) is 4. The van der Waals surface area contributed by atoms with E-state index < -0.39 is 17.8 Å². The summed E-state index contributed by atoms with van der Waals surface area (Å²) >= 11 is 0. The maximum atomic E-state index is 13.2. The van der Waals surface area contributed by atoms with Crippen LogP contribution in [0.1, 0.15) is 24.0 Å². The number of aliphatic hydroxyl groups is 1. The van der Waals surface area contributed by atoms with Crippen LogP contribution < -0.4 is 15.5 Å². The number of ether oxygens (including phenoxy) is 1. The van der Waals surface area contributed by atoms with Gasteiger partial charge in [-0.25, -0.2) is 0 Å². The first kappa shape index (κ1) is 23.8. The highest BCUT2D eigenvalue weighted by Gasteiger charge is 2.36. The van der Waals surface area contributed by atoms with E-state index in [0.29, 0.717) is 50.1 Å². The molecule has 3 heterocycles. The highest BCUT2D eigenvalue weighted by atomic mass is 19.4. The first-order chi connectivity index (χ1) is 16.8. The predicted octanol–water partition coefficient (Wildman–Crippen LogP) is 2.69. The van der Waals surface area contributed by atoms with Crippen LogP contribution in [-0.4, -0.2) is 83.8 Å². The Bertz CT molecular complexity index is 1070. The molecule has 0 bridgehead atoms.